The highest BCUT2D eigenvalue weighted by atomic mass is 19.1. The number of nitrogens with zero attached hydrogens (tertiary/aromatic N) is 2. The third-order valence-electron chi connectivity index (χ3n) is 7.62. The van der Waals surface area contributed by atoms with E-state index in [4.69, 9.17) is 24.9 Å². The third kappa shape index (κ3) is 3.44. The van der Waals surface area contributed by atoms with Crippen molar-refractivity contribution in [3.8, 4) is 22.9 Å². The predicted molar refractivity (Wildman–Crippen MR) is 120 cm³/mol. The van der Waals surface area contributed by atoms with Gasteiger partial charge in [0.05, 0.1) is 23.8 Å². The fourth-order valence-electron chi connectivity index (χ4n) is 5.76. The number of fused-ring (bicyclic) bond motifs is 4. The molecule has 2 heterocycles. The van der Waals surface area contributed by atoms with Crippen LogP contribution in [0.4, 0.5) is 4.39 Å². The maximum atomic E-state index is 14.1. The molecule has 0 aromatic heterocycles. The van der Waals surface area contributed by atoms with Gasteiger partial charge in [0.2, 0.25) is 0 Å². The molecule has 2 aromatic carbocycles. The first-order valence-corrected chi connectivity index (χ1v) is 11.7. The van der Waals surface area contributed by atoms with E-state index in [9.17, 15) is 9.65 Å². The topological polar surface area (TPSA) is 89.9 Å². The van der Waals surface area contributed by atoms with E-state index < -0.39 is 11.4 Å². The summed E-state index contributed by atoms with van der Waals surface area (Å²) in [4.78, 5) is 4.85. The number of amidine groups is 1. The van der Waals surface area contributed by atoms with Crippen molar-refractivity contribution < 1.29 is 18.6 Å². The summed E-state index contributed by atoms with van der Waals surface area (Å²) in [5.74, 6) is 0.391. The first-order valence-electron chi connectivity index (χ1n) is 11.7. The van der Waals surface area contributed by atoms with Crippen LogP contribution in [0.5, 0.6) is 5.75 Å². The van der Waals surface area contributed by atoms with E-state index in [2.05, 4.69) is 0 Å². The Morgan fingerprint density at radius 1 is 1.09 bits per heavy atom. The number of nitrogens with two attached hydrogens (primary N) is 1. The summed E-state index contributed by atoms with van der Waals surface area (Å²) in [6.45, 7) is 0.350. The quantitative estimate of drug-likeness (QED) is 0.753. The summed E-state index contributed by atoms with van der Waals surface area (Å²) < 4.78 is 32.7. The molecule has 2 fully saturated rings. The summed E-state index contributed by atoms with van der Waals surface area (Å²) in [5, 5.41) is 9.26. The first-order chi connectivity index (χ1) is 16.0. The molecule has 2 saturated carbocycles. The third-order valence-corrected chi connectivity index (χ3v) is 7.62. The summed E-state index contributed by atoms with van der Waals surface area (Å²) >= 11 is 0. The molecule has 1 spiro atoms. The number of aliphatic imine (C=N–C) groups is 1. The van der Waals surface area contributed by atoms with Crippen LogP contribution in [-0.4, -0.2) is 30.9 Å². The molecule has 2 aliphatic carbocycles. The van der Waals surface area contributed by atoms with Gasteiger partial charge in [0, 0.05) is 11.5 Å². The van der Waals surface area contributed by atoms with Gasteiger partial charge in [0.1, 0.15) is 29.8 Å². The van der Waals surface area contributed by atoms with E-state index in [0.29, 0.717) is 18.3 Å². The lowest BCUT2D eigenvalue weighted by Gasteiger charge is -2.48. The molecule has 2 aliphatic heterocycles. The van der Waals surface area contributed by atoms with Gasteiger partial charge in [0.15, 0.2) is 0 Å². The SMILES string of the molecule is N#Cc1cc(F)cc(-c2ccc3c(c2)C2(COC(N)=N2)C2C[C@@H](OC4CCC4)CC[C@@H]2O3)c1. The number of rotatable bonds is 3. The summed E-state index contributed by atoms with van der Waals surface area (Å²) in [7, 11) is 0. The second-order valence-electron chi connectivity index (χ2n) is 9.60. The standard InChI is InChI=1S/C26H26FN3O3/c27-18-9-15(13-28)8-17(10-18)16-4-6-23-21(11-16)26(14-31-25(29)30-26)22-12-20(5-7-24(22)33-23)32-19-2-1-3-19/h4,6,8-11,19-20,22,24H,1-3,5,7,12,14H2,(H2,29,30)/t20-,22?,24-,26?/m0/s1. The normalized spacial score (nSPS) is 30.3. The van der Waals surface area contributed by atoms with Gasteiger partial charge in [-0.25, -0.2) is 9.38 Å². The average Bonchev–Trinajstić information content (AvgIpc) is 3.18. The van der Waals surface area contributed by atoms with Crippen molar-refractivity contribution in [2.24, 2.45) is 16.6 Å². The molecule has 2 unspecified atom stereocenters. The largest absolute Gasteiger partial charge is 0.490 e. The molecule has 6 rings (SSSR count). The Balaban J connectivity index is 1.41. The number of nitriles is 1. The number of ether oxygens (including phenoxy) is 3. The van der Waals surface area contributed by atoms with Crippen LogP contribution in [0.3, 0.4) is 0 Å². The Morgan fingerprint density at radius 3 is 2.70 bits per heavy atom. The first kappa shape index (κ1) is 20.5. The maximum Gasteiger partial charge on any atom is 0.283 e. The van der Waals surface area contributed by atoms with Crippen molar-refractivity contribution in [2.75, 3.05) is 6.61 Å². The Hall–Kier alpha value is -3.11. The van der Waals surface area contributed by atoms with Gasteiger partial charge in [-0.2, -0.15) is 5.26 Å². The van der Waals surface area contributed by atoms with Crippen LogP contribution in [0.25, 0.3) is 11.1 Å². The van der Waals surface area contributed by atoms with Crippen LogP contribution in [0.1, 0.15) is 49.7 Å². The molecule has 4 aliphatic rings. The van der Waals surface area contributed by atoms with Crippen molar-refractivity contribution in [1.82, 2.24) is 0 Å². The number of halogens is 1. The molecule has 2 N–H and O–H groups in total. The van der Waals surface area contributed by atoms with Crippen molar-refractivity contribution in [2.45, 2.75) is 62.4 Å². The highest BCUT2D eigenvalue weighted by Crippen LogP contribution is 2.53. The molecule has 33 heavy (non-hydrogen) atoms. The van der Waals surface area contributed by atoms with E-state index in [1.54, 1.807) is 6.07 Å². The smallest absolute Gasteiger partial charge is 0.283 e. The molecule has 2 aromatic rings. The minimum Gasteiger partial charge on any atom is -0.490 e. The highest BCUT2D eigenvalue weighted by molar-refractivity contribution is 5.75. The lowest BCUT2D eigenvalue weighted by Crippen LogP contribution is -2.52. The molecular formula is C26H26FN3O3. The molecule has 0 bridgehead atoms. The van der Waals surface area contributed by atoms with E-state index in [1.165, 1.54) is 18.6 Å². The lowest BCUT2D eigenvalue weighted by molar-refractivity contribution is -0.106. The minimum absolute atomic E-state index is 0.0159. The zero-order chi connectivity index (χ0) is 22.6. The summed E-state index contributed by atoms with van der Waals surface area (Å²) in [6.07, 6.45) is 6.81. The van der Waals surface area contributed by atoms with Crippen LogP contribution in [-0.2, 0) is 15.0 Å². The Morgan fingerprint density at radius 2 is 1.97 bits per heavy atom. The number of hydrogen-bond donors (Lipinski definition) is 1. The van der Waals surface area contributed by atoms with Gasteiger partial charge in [0.25, 0.3) is 6.02 Å². The average molecular weight is 448 g/mol. The van der Waals surface area contributed by atoms with Crippen molar-refractivity contribution in [1.29, 1.82) is 5.26 Å². The predicted octanol–water partition coefficient (Wildman–Crippen LogP) is 4.40. The van der Waals surface area contributed by atoms with Crippen LogP contribution < -0.4 is 10.5 Å². The van der Waals surface area contributed by atoms with E-state index in [0.717, 1.165) is 49.0 Å². The van der Waals surface area contributed by atoms with Crippen LogP contribution >= 0.6 is 0 Å². The van der Waals surface area contributed by atoms with Crippen LogP contribution in [0.2, 0.25) is 0 Å². The van der Waals surface area contributed by atoms with Crippen LogP contribution in [0.15, 0.2) is 41.4 Å². The second-order valence-corrected chi connectivity index (χ2v) is 9.60. The van der Waals surface area contributed by atoms with Crippen molar-refractivity contribution in [3.63, 3.8) is 0 Å². The summed E-state index contributed by atoms with van der Waals surface area (Å²) in [5.41, 5.74) is 7.99. The number of benzene rings is 2. The summed E-state index contributed by atoms with van der Waals surface area (Å²) in [6, 6.07) is 12.4. The van der Waals surface area contributed by atoms with E-state index in [1.807, 2.05) is 24.3 Å². The molecule has 170 valence electrons. The van der Waals surface area contributed by atoms with Gasteiger partial charge in [-0.3, -0.25) is 0 Å². The highest BCUT2D eigenvalue weighted by Gasteiger charge is 2.56. The molecule has 4 atom stereocenters. The Labute approximate surface area is 192 Å². The number of hydrogen-bond acceptors (Lipinski definition) is 6. The second kappa shape index (κ2) is 7.74. The van der Waals surface area contributed by atoms with Crippen LogP contribution in [0, 0.1) is 23.1 Å². The van der Waals surface area contributed by atoms with Gasteiger partial charge in [-0.1, -0.05) is 6.07 Å². The fourth-order valence-corrected chi connectivity index (χ4v) is 5.76. The molecule has 0 amide bonds. The van der Waals surface area contributed by atoms with Gasteiger partial charge in [-0.05, 0) is 80.0 Å². The molecule has 0 saturated heterocycles. The Bertz CT molecular complexity index is 1170. The molecule has 6 nitrogen and oxygen atoms in total. The van der Waals surface area contributed by atoms with Crippen molar-refractivity contribution in [3.05, 3.63) is 53.3 Å². The maximum absolute atomic E-state index is 14.1. The van der Waals surface area contributed by atoms with E-state index in [-0.39, 0.29) is 29.7 Å². The Kier molecular flexibility index (Phi) is 4.81. The zero-order valence-electron chi connectivity index (χ0n) is 18.3. The van der Waals surface area contributed by atoms with Gasteiger partial charge in [-0.15, -0.1) is 0 Å². The molecular weight excluding hydrogens is 421 g/mol. The van der Waals surface area contributed by atoms with Gasteiger partial charge >= 0.3 is 0 Å². The molecule has 0 radical (unpaired) electrons. The minimum atomic E-state index is -0.661. The van der Waals surface area contributed by atoms with E-state index >= 15 is 0 Å². The van der Waals surface area contributed by atoms with Crippen molar-refractivity contribution >= 4 is 6.02 Å². The zero-order valence-corrected chi connectivity index (χ0v) is 18.3. The van der Waals surface area contributed by atoms with Gasteiger partial charge < -0.3 is 19.9 Å². The fraction of sp³-hybridized carbons (Fsp3) is 0.462. The lowest BCUT2D eigenvalue weighted by atomic mass is 9.67. The molecule has 7 heteroatoms. The monoisotopic (exact) mass is 447 g/mol.